The third-order valence-electron chi connectivity index (χ3n) is 3.46. The molecule has 0 saturated carbocycles. The van der Waals surface area contributed by atoms with E-state index >= 15 is 0 Å². The molecular formula is C17H19N3. The average Bonchev–Trinajstić information content (AvgIpc) is 2.80. The lowest BCUT2D eigenvalue weighted by atomic mass is 10.1. The van der Waals surface area contributed by atoms with Gasteiger partial charge in [0, 0.05) is 18.3 Å². The van der Waals surface area contributed by atoms with Crippen LogP contribution in [0.1, 0.15) is 11.3 Å². The Bertz CT molecular complexity index is 727. The minimum Gasteiger partial charge on any atom is -0.304 e. The van der Waals surface area contributed by atoms with Crippen LogP contribution in [-0.2, 0) is 6.54 Å². The maximum absolute atomic E-state index is 4.87. The number of hydrogen-bond acceptors (Lipinski definition) is 2. The first-order valence-electron chi connectivity index (χ1n) is 6.83. The highest BCUT2D eigenvalue weighted by Gasteiger charge is 2.15. The van der Waals surface area contributed by atoms with Crippen molar-refractivity contribution in [2.24, 2.45) is 0 Å². The average molecular weight is 265 g/mol. The zero-order chi connectivity index (χ0) is 14.1. The van der Waals surface area contributed by atoms with Crippen LogP contribution in [0.2, 0.25) is 0 Å². The van der Waals surface area contributed by atoms with Gasteiger partial charge in [-0.1, -0.05) is 36.4 Å². The van der Waals surface area contributed by atoms with Gasteiger partial charge in [0.1, 0.15) is 5.65 Å². The van der Waals surface area contributed by atoms with Crippen molar-refractivity contribution in [2.45, 2.75) is 13.5 Å². The van der Waals surface area contributed by atoms with E-state index in [0.717, 1.165) is 17.9 Å². The van der Waals surface area contributed by atoms with Crippen molar-refractivity contribution in [3.8, 4) is 11.3 Å². The molecule has 1 aromatic carbocycles. The first kappa shape index (κ1) is 12.9. The van der Waals surface area contributed by atoms with E-state index in [2.05, 4.69) is 72.9 Å². The summed E-state index contributed by atoms with van der Waals surface area (Å²) < 4.78 is 2.21. The first-order valence-corrected chi connectivity index (χ1v) is 6.83. The van der Waals surface area contributed by atoms with Gasteiger partial charge in [0.05, 0.1) is 11.4 Å². The summed E-state index contributed by atoms with van der Waals surface area (Å²) in [5, 5.41) is 0. The number of rotatable bonds is 3. The number of aromatic nitrogens is 2. The van der Waals surface area contributed by atoms with Crippen LogP contribution < -0.4 is 0 Å². The number of pyridine rings is 1. The van der Waals surface area contributed by atoms with Crippen LogP contribution in [0.3, 0.4) is 0 Å². The molecule has 0 spiro atoms. The van der Waals surface area contributed by atoms with Crippen molar-refractivity contribution in [3.05, 3.63) is 59.9 Å². The molecule has 0 N–H and O–H groups in total. The number of imidazole rings is 1. The Morgan fingerprint density at radius 2 is 1.80 bits per heavy atom. The lowest BCUT2D eigenvalue weighted by Gasteiger charge is -2.11. The van der Waals surface area contributed by atoms with Crippen LogP contribution in [0.4, 0.5) is 0 Å². The van der Waals surface area contributed by atoms with Gasteiger partial charge >= 0.3 is 0 Å². The fourth-order valence-corrected chi connectivity index (χ4v) is 2.53. The third kappa shape index (κ3) is 2.21. The van der Waals surface area contributed by atoms with Crippen molar-refractivity contribution in [2.75, 3.05) is 14.1 Å². The molecule has 20 heavy (non-hydrogen) atoms. The number of nitrogens with zero attached hydrogens (tertiary/aromatic N) is 3. The summed E-state index contributed by atoms with van der Waals surface area (Å²) in [5.74, 6) is 0. The SMILES string of the molecule is Cc1cccn2c(CN(C)C)c(-c3ccccc3)nc12. The van der Waals surface area contributed by atoms with Gasteiger partial charge in [-0.15, -0.1) is 0 Å². The van der Waals surface area contributed by atoms with Crippen LogP contribution in [0.15, 0.2) is 48.7 Å². The van der Waals surface area contributed by atoms with Crippen molar-refractivity contribution >= 4 is 5.65 Å². The second-order valence-electron chi connectivity index (χ2n) is 5.40. The van der Waals surface area contributed by atoms with E-state index in [-0.39, 0.29) is 0 Å². The first-order chi connectivity index (χ1) is 9.66. The summed E-state index contributed by atoms with van der Waals surface area (Å²) in [6.07, 6.45) is 2.10. The van der Waals surface area contributed by atoms with Crippen molar-refractivity contribution in [1.82, 2.24) is 14.3 Å². The maximum atomic E-state index is 4.87. The maximum Gasteiger partial charge on any atom is 0.140 e. The molecule has 0 fully saturated rings. The van der Waals surface area contributed by atoms with E-state index in [0.29, 0.717) is 0 Å². The number of benzene rings is 1. The number of aryl methyl sites for hydroxylation is 1. The molecular weight excluding hydrogens is 246 g/mol. The van der Waals surface area contributed by atoms with Crippen LogP contribution in [0.5, 0.6) is 0 Å². The summed E-state index contributed by atoms with van der Waals surface area (Å²) in [4.78, 5) is 7.05. The standard InChI is InChI=1S/C17H19N3/c1-13-8-7-11-20-15(12-19(2)3)16(18-17(13)20)14-9-5-4-6-10-14/h4-11H,12H2,1-3H3. The largest absolute Gasteiger partial charge is 0.304 e. The molecule has 0 aliphatic carbocycles. The fraction of sp³-hybridized carbons (Fsp3) is 0.235. The summed E-state index contributed by atoms with van der Waals surface area (Å²) in [5.41, 5.74) is 5.74. The summed E-state index contributed by atoms with van der Waals surface area (Å²) >= 11 is 0. The minimum atomic E-state index is 0.870. The topological polar surface area (TPSA) is 20.5 Å². The van der Waals surface area contributed by atoms with Gasteiger partial charge < -0.3 is 9.30 Å². The Labute approximate surface area is 119 Å². The molecule has 0 amide bonds. The molecule has 0 aliphatic rings. The molecule has 0 unspecified atom stereocenters. The van der Waals surface area contributed by atoms with E-state index in [4.69, 9.17) is 4.98 Å². The van der Waals surface area contributed by atoms with Gasteiger partial charge in [0.15, 0.2) is 0 Å². The summed E-state index contributed by atoms with van der Waals surface area (Å²) in [7, 11) is 4.17. The molecule has 0 radical (unpaired) electrons. The van der Waals surface area contributed by atoms with Gasteiger partial charge in [0.2, 0.25) is 0 Å². The van der Waals surface area contributed by atoms with Crippen LogP contribution in [-0.4, -0.2) is 28.4 Å². The van der Waals surface area contributed by atoms with Gasteiger partial charge in [0.25, 0.3) is 0 Å². The molecule has 2 heterocycles. The van der Waals surface area contributed by atoms with Crippen molar-refractivity contribution in [3.63, 3.8) is 0 Å². The molecule has 2 aromatic heterocycles. The van der Waals surface area contributed by atoms with Gasteiger partial charge in [-0.05, 0) is 32.6 Å². The van der Waals surface area contributed by atoms with Crippen LogP contribution in [0.25, 0.3) is 16.9 Å². The van der Waals surface area contributed by atoms with E-state index in [9.17, 15) is 0 Å². The second kappa shape index (κ2) is 5.10. The Hall–Kier alpha value is -2.13. The number of hydrogen-bond donors (Lipinski definition) is 0. The summed E-state index contributed by atoms with van der Waals surface area (Å²) in [6, 6.07) is 14.6. The highest BCUT2D eigenvalue weighted by Crippen LogP contribution is 2.26. The van der Waals surface area contributed by atoms with E-state index < -0.39 is 0 Å². The molecule has 0 saturated heterocycles. The van der Waals surface area contributed by atoms with E-state index in [1.165, 1.54) is 16.8 Å². The lowest BCUT2D eigenvalue weighted by Crippen LogP contribution is -2.13. The van der Waals surface area contributed by atoms with E-state index in [1.54, 1.807) is 0 Å². The van der Waals surface area contributed by atoms with Gasteiger partial charge in [-0.2, -0.15) is 0 Å². The Morgan fingerprint density at radius 1 is 1.05 bits per heavy atom. The Morgan fingerprint density at radius 3 is 2.50 bits per heavy atom. The molecule has 0 atom stereocenters. The fourth-order valence-electron chi connectivity index (χ4n) is 2.53. The van der Waals surface area contributed by atoms with E-state index in [1.807, 2.05) is 6.07 Å². The molecule has 3 aromatic rings. The quantitative estimate of drug-likeness (QED) is 0.723. The van der Waals surface area contributed by atoms with Crippen LogP contribution >= 0.6 is 0 Å². The highest BCUT2D eigenvalue weighted by molar-refractivity contribution is 5.67. The second-order valence-corrected chi connectivity index (χ2v) is 5.40. The highest BCUT2D eigenvalue weighted by atomic mass is 15.1. The molecule has 3 nitrogen and oxygen atoms in total. The third-order valence-corrected chi connectivity index (χ3v) is 3.46. The monoisotopic (exact) mass is 265 g/mol. The Kier molecular flexibility index (Phi) is 3.28. The predicted molar refractivity (Wildman–Crippen MR) is 82.8 cm³/mol. The van der Waals surface area contributed by atoms with Crippen molar-refractivity contribution < 1.29 is 0 Å². The van der Waals surface area contributed by atoms with Gasteiger partial charge in [-0.25, -0.2) is 4.98 Å². The Balaban J connectivity index is 2.27. The zero-order valence-corrected chi connectivity index (χ0v) is 12.2. The van der Waals surface area contributed by atoms with Gasteiger partial charge in [-0.3, -0.25) is 0 Å². The zero-order valence-electron chi connectivity index (χ0n) is 12.2. The molecule has 3 rings (SSSR count). The molecule has 102 valence electrons. The normalized spacial score (nSPS) is 11.4. The molecule has 3 heteroatoms. The minimum absolute atomic E-state index is 0.870. The molecule has 0 bridgehead atoms. The van der Waals surface area contributed by atoms with Crippen molar-refractivity contribution in [1.29, 1.82) is 0 Å². The lowest BCUT2D eigenvalue weighted by molar-refractivity contribution is 0.396. The van der Waals surface area contributed by atoms with Crippen LogP contribution in [0, 0.1) is 6.92 Å². The number of fused-ring (bicyclic) bond motifs is 1. The molecule has 0 aliphatic heterocycles. The summed E-state index contributed by atoms with van der Waals surface area (Å²) in [6.45, 7) is 2.98. The smallest absolute Gasteiger partial charge is 0.140 e. The predicted octanol–water partition coefficient (Wildman–Crippen LogP) is 3.37.